The highest BCUT2D eigenvalue weighted by atomic mass is 19.1. The van der Waals surface area contributed by atoms with E-state index in [1.807, 2.05) is 16.8 Å². The molecule has 0 atom stereocenters. The number of halogens is 1. The van der Waals surface area contributed by atoms with Gasteiger partial charge in [-0.1, -0.05) is 20.4 Å². The summed E-state index contributed by atoms with van der Waals surface area (Å²) < 4.78 is 25.8. The van der Waals surface area contributed by atoms with Gasteiger partial charge in [0, 0.05) is 50.5 Å². The van der Waals surface area contributed by atoms with E-state index in [0.717, 1.165) is 68.3 Å². The molecule has 12 heteroatoms. The number of likely N-dealkylation sites (tertiary alicyclic amines) is 2. The lowest BCUT2D eigenvalue weighted by Crippen LogP contribution is -2.56. The van der Waals surface area contributed by atoms with Gasteiger partial charge in [0.05, 0.1) is 19.3 Å². The zero-order chi connectivity index (χ0) is 27.5. The minimum Gasteiger partial charge on any atom is -0.442 e. The second-order valence-electron chi connectivity index (χ2n) is 11.0. The molecule has 5 heterocycles. The number of anilines is 2. The lowest BCUT2D eigenvalue weighted by Gasteiger charge is -2.39. The zero-order valence-corrected chi connectivity index (χ0v) is 22.7. The van der Waals surface area contributed by atoms with Gasteiger partial charge in [-0.2, -0.15) is 9.61 Å². The predicted molar refractivity (Wildman–Crippen MR) is 144 cm³/mol. The molecule has 0 saturated carbocycles. The van der Waals surface area contributed by atoms with Crippen LogP contribution in [-0.4, -0.2) is 94.5 Å². The molecular formula is C27H38FN7O4. The Balaban J connectivity index is 1.15. The summed E-state index contributed by atoms with van der Waals surface area (Å²) in [4.78, 5) is 32.0. The van der Waals surface area contributed by atoms with Gasteiger partial charge in [-0.15, -0.1) is 0 Å². The number of hydrogen-bond donors (Lipinski definition) is 2. The van der Waals surface area contributed by atoms with Crippen molar-refractivity contribution in [3.63, 3.8) is 0 Å². The van der Waals surface area contributed by atoms with Crippen molar-refractivity contribution in [1.82, 2.24) is 24.4 Å². The Hall–Kier alpha value is -3.41. The molecule has 0 unspecified atom stereocenters. The first-order chi connectivity index (χ1) is 18.8. The number of nitrogens with zero attached hydrogens (tertiary/aromatic N) is 5. The molecule has 0 aliphatic carbocycles. The molecule has 0 aromatic carbocycles. The van der Waals surface area contributed by atoms with E-state index in [2.05, 4.69) is 36.2 Å². The standard InChI is InChI=1S/C27H38FN7O4/c1-17(2)22-14-30-35-24(12-23(32-25(22)35)31-20-6-10-38-11-7-20)29-13-19-4-8-33(9-5-19)27(37)39-21-15-34(16-21)26(36)18(3)28/h12,14,17,19-21,29H,3-11,13,15-16H2,1-2H3,(H,31,32). The Labute approximate surface area is 227 Å². The lowest BCUT2D eigenvalue weighted by molar-refractivity contribution is -0.139. The van der Waals surface area contributed by atoms with Crippen LogP contribution in [0.25, 0.3) is 5.65 Å². The molecule has 0 spiro atoms. The minimum atomic E-state index is -0.998. The first-order valence-corrected chi connectivity index (χ1v) is 13.8. The Morgan fingerprint density at radius 3 is 2.56 bits per heavy atom. The summed E-state index contributed by atoms with van der Waals surface area (Å²) in [5.74, 6) is 0.674. The molecule has 2 amide bonds. The maximum Gasteiger partial charge on any atom is 0.410 e. The third-order valence-electron chi connectivity index (χ3n) is 7.77. The molecule has 5 rings (SSSR count). The largest absolute Gasteiger partial charge is 0.442 e. The Bertz CT molecular complexity index is 1200. The number of hydrogen-bond acceptors (Lipinski definition) is 8. The number of nitrogens with one attached hydrogen (secondary N) is 2. The van der Waals surface area contributed by atoms with Crippen LogP contribution in [-0.2, 0) is 14.3 Å². The molecule has 3 aliphatic rings. The van der Waals surface area contributed by atoms with Gasteiger partial charge in [-0.3, -0.25) is 4.79 Å². The van der Waals surface area contributed by atoms with Crippen LogP contribution < -0.4 is 10.6 Å². The molecule has 0 bridgehead atoms. The van der Waals surface area contributed by atoms with Crippen LogP contribution in [0.4, 0.5) is 20.8 Å². The van der Waals surface area contributed by atoms with Crippen LogP contribution in [0.1, 0.15) is 51.0 Å². The first-order valence-electron chi connectivity index (χ1n) is 13.8. The fraction of sp³-hybridized carbons (Fsp3) is 0.630. The van der Waals surface area contributed by atoms with Gasteiger partial charge in [0.25, 0.3) is 5.91 Å². The van der Waals surface area contributed by atoms with E-state index in [-0.39, 0.29) is 19.2 Å². The van der Waals surface area contributed by atoms with Crippen molar-refractivity contribution >= 4 is 29.3 Å². The van der Waals surface area contributed by atoms with E-state index in [1.165, 1.54) is 4.90 Å². The average Bonchev–Trinajstić information content (AvgIpc) is 3.34. The number of rotatable bonds is 8. The topological polar surface area (TPSA) is 113 Å². The summed E-state index contributed by atoms with van der Waals surface area (Å²) in [5.41, 5.74) is 1.96. The third kappa shape index (κ3) is 6.26. The predicted octanol–water partition coefficient (Wildman–Crippen LogP) is 3.40. The van der Waals surface area contributed by atoms with Gasteiger partial charge in [0.15, 0.2) is 11.5 Å². The number of piperidine rings is 1. The quantitative estimate of drug-likeness (QED) is 0.487. The summed E-state index contributed by atoms with van der Waals surface area (Å²) in [7, 11) is 0. The van der Waals surface area contributed by atoms with Crippen molar-refractivity contribution < 1.29 is 23.5 Å². The van der Waals surface area contributed by atoms with Crippen molar-refractivity contribution in [1.29, 1.82) is 0 Å². The van der Waals surface area contributed by atoms with E-state index in [0.29, 0.717) is 31.0 Å². The minimum absolute atomic E-state index is 0.200. The van der Waals surface area contributed by atoms with Crippen LogP contribution >= 0.6 is 0 Å². The molecule has 2 aromatic heterocycles. The zero-order valence-electron chi connectivity index (χ0n) is 22.7. The molecule has 3 fully saturated rings. The van der Waals surface area contributed by atoms with E-state index in [1.54, 1.807) is 4.90 Å². The van der Waals surface area contributed by atoms with Crippen molar-refractivity contribution in [3.05, 3.63) is 30.2 Å². The van der Waals surface area contributed by atoms with Gasteiger partial charge >= 0.3 is 6.09 Å². The van der Waals surface area contributed by atoms with Gasteiger partial charge < -0.3 is 29.9 Å². The molecular weight excluding hydrogens is 505 g/mol. The monoisotopic (exact) mass is 543 g/mol. The van der Waals surface area contributed by atoms with E-state index < -0.39 is 17.8 Å². The Morgan fingerprint density at radius 1 is 1.18 bits per heavy atom. The first kappa shape index (κ1) is 27.2. The highest BCUT2D eigenvalue weighted by Gasteiger charge is 2.36. The molecule has 3 aliphatic heterocycles. The molecule has 39 heavy (non-hydrogen) atoms. The fourth-order valence-electron chi connectivity index (χ4n) is 5.27. The van der Waals surface area contributed by atoms with Gasteiger partial charge in [-0.25, -0.2) is 14.2 Å². The Morgan fingerprint density at radius 2 is 1.90 bits per heavy atom. The molecule has 2 aromatic rings. The molecule has 2 N–H and O–H groups in total. The molecule has 11 nitrogen and oxygen atoms in total. The number of carbonyl (C=O) groups excluding carboxylic acids is 2. The number of carbonyl (C=O) groups is 2. The Kier molecular flexibility index (Phi) is 8.20. The van der Waals surface area contributed by atoms with Gasteiger partial charge in [0.2, 0.25) is 0 Å². The smallest absolute Gasteiger partial charge is 0.410 e. The molecule has 3 saturated heterocycles. The normalized spacial score (nSPS) is 19.3. The summed E-state index contributed by atoms with van der Waals surface area (Å²) in [5, 5.41) is 11.8. The summed E-state index contributed by atoms with van der Waals surface area (Å²) in [6.07, 6.45) is 4.71. The maximum absolute atomic E-state index is 13.0. The number of amides is 2. The highest BCUT2D eigenvalue weighted by molar-refractivity contribution is 5.91. The van der Waals surface area contributed by atoms with Crippen molar-refractivity contribution in [2.24, 2.45) is 5.92 Å². The maximum atomic E-state index is 13.0. The SMILES string of the molecule is C=C(F)C(=O)N1CC(OC(=O)N2CCC(CNc3cc(NC4CCOCC4)nc4c(C(C)C)cnn34)CC2)C1. The summed E-state index contributed by atoms with van der Waals surface area (Å²) in [6, 6.07) is 2.36. The van der Waals surface area contributed by atoms with Crippen LogP contribution in [0, 0.1) is 5.92 Å². The molecule has 212 valence electrons. The van der Waals surface area contributed by atoms with E-state index in [4.69, 9.17) is 14.5 Å². The van der Waals surface area contributed by atoms with Crippen molar-refractivity contribution in [2.45, 2.75) is 57.6 Å². The van der Waals surface area contributed by atoms with Gasteiger partial charge in [-0.05, 0) is 37.5 Å². The van der Waals surface area contributed by atoms with Crippen LogP contribution in [0.3, 0.4) is 0 Å². The summed E-state index contributed by atoms with van der Waals surface area (Å²) in [6.45, 7) is 11.2. The van der Waals surface area contributed by atoms with Gasteiger partial charge in [0.1, 0.15) is 17.7 Å². The van der Waals surface area contributed by atoms with E-state index in [9.17, 15) is 14.0 Å². The highest BCUT2D eigenvalue weighted by Crippen LogP contribution is 2.26. The number of fused-ring (bicyclic) bond motifs is 1. The summed E-state index contributed by atoms with van der Waals surface area (Å²) >= 11 is 0. The third-order valence-corrected chi connectivity index (χ3v) is 7.77. The average molecular weight is 544 g/mol. The number of aromatic nitrogens is 3. The second-order valence-corrected chi connectivity index (χ2v) is 11.0. The van der Waals surface area contributed by atoms with Crippen LogP contribution in [0.15, 0.2) is 24.7 Å². The van der Waals surface area contributed by atoms with Crippen molar-refractivity contribution in [2.75, 3.05) is 56.6 Å². The molecule has 0 radical (unpaired) electrons. The van der Waals surface area contributed by atoms with Crippen LogP contribution in [0.5, 0.6) is 0 Å². The van der Waals surface area contributed by atoms with Crippen LogP contribution in [0.2, 0.25) is 0 Å². The van der Waals surface area contributed by atoms with E-state index >= 15 is 0 Å². The lowest BCUT2D eigenvalue weighted by atomic mass is 9.97. The second kappa shape index (κ2) is 11.8. The van der Waals surface area contributed by atoms with Crippen molar-refractivity contribution in [3.8, 4) is 0 Å². The number of ether oxygens (including phenoxy) is 2. The fourth-order valence-corrected chi connectivity index (χ4v) is 5.27.